The van der Waals surface area contributed by atoms with E-state index in [-0.39, 0.29) is 5.91 Å². The minimum absolute atomic E-state index is 0.253. The Kier molecular flexibility index (Phi) is 6.24. The third-order valence-corrected chi connectivity index (χ3v) is 4.98. The fraction of sp³-hybridized carbons (Fsp3) is 0.824. The van der Waals surface area contributed by atoms with Crippen LogP contribution in [0.4, 0.5) is 0 Å². The predicted octanol–water partition coefficient (Wildman–Crippen LogP) is 2.49. The Labute approximate surface area is 129 Å². The maximum atomic E-state index is 12.6. The highest BCUT2D eigenvalue weighted by Crippen LogP contribution is 2.23. The Morgan fingerprint density at radius 3 is 2.57 bits per heavy atom. The van der Waals surface area contributed by atoms with Gasteiger partial charge in [-0.3, -0.25) is 9.69 Å². The maximum absolute atomic E-state index is 12.6. The Bertz CT molecular complexity index is 372. The van der Waals surface area contributed by atoms with Crippen molar-refractivity contribution < 1.29 is 4.79 Å². The second-order valence-corrected chi connectivity index (χ2v) is 6.56. The van der Waals surface area contributed by atoms with Gasteiger partial charge in [-0.15, -0.1) is 0 Å². The minimum atomic E-state index is 0.253. The van der Waals surface area contributed by atoms with E-state index in [0.29, 0.717) is 18.6 Å². The van der Waals surface area contributed by atoms with Crippen molar-refractivity contribution in [2.24, 2.45) is 5.73 Å². The molecule has 0 aliphatic heterocycles. The molecule has 2 N–H and O–H groups in total. The summed E-state index contributed by atoms with van der Waals surface area (Å²) in [5.41, 5.74) is 7.21. The Hall–Kier alpha value is -0.870. The molecule has 0 radical (unpaired) electrons. The summed E-state index contributed by atoms with van der Waals surface area (Å²) in [6, 6.07) is 0.887. The zero-order chi connectivity index (χ0) is 15.2. The predicted molar refractivity (Wildman–Crippen MR) is 86.8 cm³/mol. The molecule has 21 heavy (non-hydrogen) atoms. The Balaban J connectivity index is 1.88. The van der Waals surface area contributed by atoms with Gasteiger partial charge in [0.1, 0.15) is 0 Å². The molecular weight excluding hydrogens is 262 g/mol. The fourth-order valence-electron chi connectivity index (χ4n) is 3.58. The summed E-state index contributed by atoms with van der Waals surface area (Å²) in [6.07, 6.45) is 11.3. The van der Waals surface area contributed by atoms with Gasteiger partial charge in [-0.1, -0.05) is 6.08 Å². The number of carbonyl (C=O) groups excluding carboxylic acids is 1. The van der Waals surface area contributed by atoms with Crippen LogP contribution in [0.15, 0.2) is 11.8 Å². The van der Waals surface area contributed by atoms with Gasteiger partial charge in [0.25, 0.3) is 0 Å². The number of nitrogens with two attached hydrogens (primary N) is 1. The van der Waals surface area contributed by atoms with Crippen molar-refractivity contribution >= 4 is 5.91 Å². The first-order chi connectivity index (χ1) is 10.1. The smallest absolute Gasteiger partial charge is 0.240 e. The van der Waals surface area contributed by atoms with Gasteiger partial charge in [0, 0.05) is 24.3 Å². The first kappa shape index (κ1) is 16.5. The van der Waals surface area contributed by atoms with Crippen molar-refractivity contribution in [3.8, 4) is 0 Å². The van der Waals surface area contributed by atoms with E-state index in [9.17, 15) is 4.79 Å². The van der Waals surface area contributed by atoms with Crippen molar-refractivity contribution in [3.63, 3.8) is 0 Å². The number of allylic oxidation sites excluding steroid dienone is 2. The van der Waals surface area contributed by atoms with Gasteiger partial charge >= 0.3 is 0 Å². The third kappa shape index (κ3) is 4.55. The van der Waals surface area contributed by atoms with Crippen molar-refractivity contribution in [1.82, 2.24) is 9.80 Å². The molecule has 1 saturated carbocycles. The monoisotopic (exact) mass is 293 g/mol. The lowest BCUT2D eigenvalue weighted by Gasteiger charge is -2.35. The number of hydrogen-bond donors (Lipinski definition) is 1. The van der Waals surface area contributed by atoms with Crippen LogP contribution in [0, 0.1) is 0 Å². The average molecular weight is 293 g/mol. The molecular formula is C17H31N3O. The molecule has 0 aromatic carbocycles. The van der Waals surface area contributed by atoms with Crippen LogP contribution in [0.5, 0.6) is 0 Å². The van der Waals surface area contributed by atoms with E-state index >= 15 is 0 Å². The van der Waals surface area contributed by atoms with E-state index in [1.165, 1.54) is 18.5 Å². The molecule has 2 aliphatic carbocycles. The van der Waals surface area contributed by atoms with Crippen molar-refractivity contribution in [1.29, 1.82) is 0 Å². The third-order valence-electron chi connectivity index (χ3n) is 4.98. The molecule has 0 heterocycles. The van der Waals surface area contributed by atoms with Crippen LogP contribution in [0.3, 0.4) is 0 Å². The lowest BCUT2D eigenvalue weighted by atomic mass is 9.91. The summed E-state index contributed by atoms with van der Waals surface area (Å²) in [5, 5.41) is 0. The second kappa shape index (κ2) is 7.95. The summed E-state index contributed by atoms with van der Waals surface area (Å²) < 4.78 is 0. The van der Waals surface area contributed by atoms with Gasteiger partial charge in [0.15, 0.2) is 0 Å². The van der Waals surface area contributed by atoms with Crippen LogP contribution in [-0.2, 0) is 4.79 Å². The van der Waals surface area contributed by atoms with Crippen LogP contribution in [0.25, 0.3) is 0 Å². The van der Waals surface area contributed by atoms with Crippen LogP contribution in [0.2, 0.25) is 0 Å². The topological polar surface area (TPSA) is 49.6 Å². The number of rotatable bonds is 5. The molecule has 120 valence electrons. The largest absolute Gasteiger partial charge is 0.328 e. The summed E-state index contributed by atoms with van der Waals surface area (Å²) in [7, 11) is 2.09. The molecule has 4 heteroatoms. The van der Waals surface area contributed by atoms with Crippen LogP contribution in [-0.4, -0.2) is 47.9 Å². The highest BCUT2D eigenvalue weighted by atomic mass is 16.2. The van der Waals surface area contributed by atoms with E-state index in [0.717, 1.165) is 45.1 Å². The number of amides is 1. The first-order valence-electron chi connectivity index (χ1n) is 8.57. The van der Waals surface area contributed by atoms with Gasteiger partial charge in [0.2, 0.25) is 5.91 Å². The Morgan fingerprint density at radius 2 is 2.00 bits per heavy atom. The van der Waals surface area contributed by atoms with Crippen molar-refractivity contribution in [2.75, 3.05) is 20.1 Å². The molecule has 1 fully saturated rings. The van der Waals surface area contributed by atoms with E-state index in [4.69, 9.17) is 5.73 Å². The Morgan fingerprint density at radius 1 is 1.29 bits per heavy atom. The number of hydrogen-bond acceptors (Lipinski definition) is 3. The molecule has 2 aliphatic rings. The first-order valence-corrected chi connectivity index (χ1v) is 8.57. The SMILES string of the molecule is CCN(C(=O)CN(C)C1CCC(N)CC1)C1=CCCCC1. The minimum Gasteiger partial charge on any atom is -0.328 e. The highest BCUT2D eigenvalue weighted by molar-refractivity contribution is 5.80. The molecule has 1 amide bonds. The summed E-state index contributed by atoms with van der Waals surface area (Å²) in [5.74, 6) is 0.253. The zero-order valence-corrected chi connectivity index (χ0v) is 13.7. The average Bonchev–Trinajstić information content (AvgIpc) is 2.49. The molecule has 0 unspecified atom stereocenters. The van der Waals surface area contributed by atoms with Crippen LogP contribution < -0.4 is 5.73 Å². The summed E-state index contributed by atoms with van der Waals surface area (Å²) in [6.45, 7) is 3.39. The van der Waals surface area contributed by atoms with Crippen molar-refractivity contribution in [3.05, 3.63) is 11.8 Å². The molecule has 0 bridgehead atoms. The van der Waals surface area contributed by atoms with Crippen molar-refractivity contribution in [2.45, 2.75) is 70.4 Å². The van der Waals surface area contributed by atoms with E-state index < -0.39 is 0 Å². The van der Waals surface area contributed by atoms with Gasteiger partial charge < -0.3 is 10.6 Å². The molecule has 0 aromatic rings. The summed E-state index contributed by atoms with van der Waals surface area (Å²) >= 11 is 0. The lowest BCUT2D eigenvalue weighted by Crippen LogP contribution is -2.44. The second-order valence-electron chi connectivity index (χ2n) is 6.56. The number of carbonyl (C=O) groups is 1. The molecule has 0 spiro atoms. The molecule has 0 saturated heterocycles. The highest BCUT2D eigenvalue weighted by Gasteiger charge is 2.25. The number of likely N-dealkylation sites (N-methyl/N-ethyl adjacent to an activating group) is 2. The standard InChI is InChI=1S/C17H31N3O/c1-3-20(16-7-5-4-6-8-16)17(21)13-19(2)15-11-9-14(18)10-12-15/h7,14-15H,3-6,8-13,18H2,1-2H3. The number of nitrogens with zero attached hydrogens (tertiary/aromatic N) is 2. The molecule has 0 aromatic heterocycles. The zero-order valence-electron chi connectivity index (χ0n) is 13.7. The van der Waals surface area contributed by atoms with E-state index in [1.807, 2.05) is 4.90 Å². The van der Waals surface area contributed by atoms with Crippen LogP contribution >= 0.6 is 0 Å². The normalized spacial score (nSPS) is 26.6. The van der Waals surface area contributed by atoms with Gasteiger partial charge in [-0.2, -0.15) is 0 Å². The van der Waals surface area contributed by atoms with E-state index in [1.54, 1.807) is 0 Å². The fourth-order valence-corrected chi connectivity index (χ4v) is 3.58. The molecule has 2 rings (SSSR count). The van der Waals surface area contributed by atoms with Crippen LogP contribution in [0.1, 0.15) is 58.3 Å². The van der Waals surface area contributed by atoms with E-state index in [2.05, 4.69) is 24.9 Å². The maximum Gasteiger partial charge on any atom is 0.240 e. The van der Waals surface area contributed by atoms with Gasteiger partial charge in [-0.05, 0) is 65.3 Å². The molecule has 0 atom stereocenters. The summed E-state index contributed by atoms with van der Waals surface area (Å²) in [4.78, 5) is 16.8. The quantitative estimate of drug-likeness (QED) is 0.847. The van der Waals surface area contributed by atoms with Gasteiger partial charge in [-0.25, -0.2) is 0 Å². The lowest BCUT2D eigenvalue weighted by molar-refractivity contribution is -0.130. The molecule has 4 nitrogen and oxygen atoms in total. The van der Waals surface area contributed by atoms with Gasteiger partial charge in [0.05, 0.1) is 6.54 Å².